The number of ether oxygens (including phenoxy) is 3. The Balaban J connectivity index is 2.00. The first-order valence-electron chi connectivity index (χ1n) is 7.39. The molecule has 0 fully saturated rings. The molecule has 0 aliphatic heterocycles. The Bertz CT molecular complexity index is 502. The third-order valence-corrected chi connectivity index (χ3v) is 3.44. The summed E-state index contributed by atoms with van der Waals surface area (Å²) in [6, 6.07) is 5.94. The van der Waals surface area contributed by atoms with E-state index in [2.05, 4.69) is 6.07 Å². The Morgan fingerprint density at radius 1 is 1.33 bits per heavy atom. The highest BCUT2D eigenvalue weighted by Gasteiger charge is 2.21. The molecule has 4 nitrogen and oxygen atoms in total. The van der Waals surface area contributed by atoms with Gasteiger partial charge in [0.1, 0.15) is 11.4 Å². The Labute approximate surface area is 126 Å². The van der Waals surface area contributed by atoms with Gasteiger partial charge in [0, 0.05) is 7.11 Å². The van der Waals surface area contributed by atoms with Crippen molar-refractivity contribution in [3.05, 3.63) is 29.3 Å². The molecule has 1 atom stereocenters. The number of methoxy groups -OCH3 is 1. The number of benzene rings is 1. The van der Waals surface area contributed by atoms with E-state index in [1.165, 1.54) is 11.1 Å². The minimum absolute atomic E-state index is 0.0757. The molecule has 0 saturated carbocycles. The van der Waals surface area contributed by atoms with Gasteiger partial charge in [0.2, 0.25) is 0 Å². The number of hydrogen-bond donors (Lipinski definition) is 0. The first kappa shape index (κ1) is 15.8. The number of carbonyl (C=O) groups excluding carboxylic acids is 1. The maximum Gasteiger partial charge on any atom is 0.344 e. The average Bonchev–Trinajstić information content (AvgIpc) is 2.42. The van der Waals surface area contributed by atoms with E-state index >= 15 is 0 Å². The first-order valence-corrected chi connectivity index (χ1v) is 7.39. The molecule has 1 aromatic rings. The van der Waals surface area contributed by atoms with Crippen molar-refractivity contribution in [2.45, 2.75) is 51.7 Å². The highest BCUT2D eigenvalue weighted by atomic mass is 16.6. The SMILES string of the molecule is COC1CCCc2ccc(OCC(=O)OC(C)(C)C)cc21. The lowest BCUT2D eigenvalue weighted by atomic mass is 9.89. The van der Waals surface area contributed by atoms with Gasteiger partial charge in [0.15, 0.2) is 6.61 Å². The predicted octanol–water partition coefficient (Wildman–Crippen LogP) is 3.43. The van der Waals surface area contributed by atoms with Gasteiger partial charge in [-0.1, -0.05) is 6.07 Å². The van der Waals surface area contributed by atoms with Crippen LogP contribution in [0.4, 0.5) is 0 Å². The predicted molar refractivity (Wildman–Crippen MR) is 80.5 cm³/mol. The second-order valence-corrected chi connectivity index (χ2v) is 6.35. The van der Waals surface area contributed by atoms with Crippen molar-refractivity contribution in [1.29, 1.82) is 0 Å². The van der Waals surface area contributed by atoms with Crippen LogP contribution >= 0.6 is 0 Å². The second-order valence-electron chi connectivity index (χ2n) is 6.35. The standard InChI is InChI=1S/C17H24O4/c1-17(2,3)21-16(18)11-20-13-9-8-12-6-5-7-15(19-4)14(12)10-13/h8-10,15H,5-7,11H2,1-4H3. The molecule has 0 N–H and O–H groups in total. The number of fused-ring (bicyclic) bond motifs is 1. The summed E-state index contributed by atoms with van der Waals surface area (Å²) in [5, 5.41) is 0. The van der Waals surface area contributed by atoms with E-state index in [0.717, 1.165) is 19.3 Å². The molecule has 4 heteroatoms. The summed E-state index contributed by atoms with van der Waals surface area (Å²) in [7, 11) is 1.73. The molecule has 0 amide bonds. The number of esters is 1. The minimum atomic E-state index is -0.489. The Hall–Kier alpha value is -1.55. The van der Waals surface area contributed by atoms with E-state index in [9.17, 15) is 4.79 Å². The Kier molecular flexibility index (Phi) is 4.88. The van der Waals surface area contributed by atoms with E-state index < -0.39 is 5.60 Å². The highest BCUT2D eigenvalue weighted by Crippen LogP contribution is 2.34. The van der Waals surface area contributed by atoms with E-state index in [0.29, 0.717) is 5.75 Å². The number of aryl methyl sites for hydroxylation is 1. The van der Waals surface area contributed by atoms with Gasteiger partial charge in [-0.25, -0.2) is 4.79 Å². The summed E-state index contributed by atoms with van der Waals surface area (Å²) in [6.07, 6.45) is 3.36. The molecule has 2 rings (SSSR count). The Morgan fingerprint density at radius 3 is 2.76 bits per heavy atom. The van der Waals surface area contributed by atoms with Crippen LogP contribution in [0.3, 0.4) is 0 Å². The zero-order chi connectivity index (χ0) is 15.5. The van der Waals surface area contributed by atoms with Crippen LogP contribution in [0.1, 0.15) is 50.8 Å². The van der Waals surface area contributed by atoms with Crippen molar-refractivity contribution in [3.63, 3.8) is 0 Å². The van der Waals surface area contributed by atoms with E-state index in [4.69, 9.17) is 14.2 Å². The van der Waals surface area contributed by atoms with Crippen molar-refractivity contribution in [2.75, 3.05) is 13.7 Å². The highest BCUT2D eigenvalue weighted by molar-refractivity contribution is 5.71. The summed E-state index contributed by atoms with van der Waals surface area (Å²) in [6.45, 7) is 5.45. The van der Waals surface area contributed by atoms with Crippen LogP contribution in [0.5, 0.6) is 5.75 Å². The number of rotatable bonds is 4. The molecule has 0 saturated heterocycles. The van der Waals surface area contributed by atoms with Gasteiger partial charge in [-0.05, 0) is 63.3 Å². The second kappa shape index (κ2) is 6.48. The molecule has 0 bridgehead atoms. The molecule has 0 spiro atoms. The summed E-state index contributed by atoms with van der Waals surface area (Å²) in [4.78, 5) is 11.7. The molecular weight excluding hydrogens is 268 g/mol. The molecule has 1 aromatic carbocycles. The largest absolute Gasteiger partial charge is 0.482 e. The van der Waals surface area contributed by atoms with Gasteiger partial charge < -0.3 is 14.2 Å². The van der Waals surface area contributed by atoms with Gasteiger partial charge in [0.25, 0.3) is 0 Å². The molecule has 0 heterocycles. The van der Waals surface area contributed by atoms with E-state index in [1.54, 1.807) is 7.11 Å². The molecular formula is C17H24O4. The smallest absolute Gasteiger partial charge is 0.344 e. The number of hydrogen-bond acceptors (Lipinski definition) is 4. The van der Waals surface area contributed by atoms with Crippen molar-refractivity contribution < 1.29 is 19.0 Å². The van der Waals surface area contributed by atoms with Gasteiger partial charge in [-0.2, -0.15) is 0 Å². The van der Waals surface area contributed by atoms with Crippen LogP contribution in [-0.4, -0.2) is 25.3 Å². The van der Waals surface area contributed by atoms with Crippen LogP contribution in [0, 0.1) is 0 Å². The van der Waals surface area contributed by atoms with Gasteiger partial charge in [-0.3, -0.25) is 0 Å². The molecule has 0 aromatic heterocycles. The lowest BCUT2D eigenvalue weighted by Gasteiger charge is -2.25. The third kappa shape index (κ3) is 4.46. The zero-order valence-corrected chi connectivity index (χ0v) is 13.3. The monoisotopic (exact) mass is 292 g/mol. The van der Waals surface area contributed by atoms with Gasteiger partial charge in [-0.15, -0.1) is 0 Å². The summed E-state index contributed by atoms with van der Waals surface area (Å²) >= 11 is 0. The quantitative estimate of drug-likeness (QED) is 0.798. The first-order chi connectivity index (χ1) is 9.89. The normalized spacial score (nSPS) is 18.0. The fraction of sp³-hybridized carbons (Fsp3) is 0.588. The minimum Gasteiger partial charge on any atom is -0.482 e. The summed E-state index contributed by atoms with van der Waals surface area (Å²) < 4.78 is 16.3. The maximum absolute atomic E-state index is 11.7. The molecule has 1 unspecified atom stereocenters. The van der Waals surface area contributed by atoms with Crippen molar-refractivity contribution >= 4 is 5.97 Å². The molecule has 1 aliphatic carbocycles. The molecule has 116 valence electrons. The summed E-state index contributed by atoms with van der Waals surface area (Å²) in [5.41, 5.74) is 1.99. The number of carbonyl (C=O) groups is 1. The van der Waals surface area contributed by atoms with Crippen LogP contribution in [0.2, 0.25) is 0 Å². The zero-order valence-electron chi connectivity index (χ0n) is 13.3. The van der Waals surface area contributed by atoms with Gasteiger partial charge in [0.05, 0.1) is 6.10 Å². The maximum atomic E-state index is 11.7. The fourth-order valence-corrected chi connectivity index (χ4v) is 2.58. The third-order valence-electron chi connectivity index (χ3n) is 3.44. The van der Waals surface area contributed by atoms with Crippen molar-refractivity contribution in [2.24, 2.45) is 0 Å². The van der Waals surface area contributed by atoms with Crippen LogP contribution < -0.4 is 4.74 Å². The summed E-state index contributed by atoms with van der Waals surface area (Å²) in [5.74, 6) is 0.326. The molecule has 21 heavy (non-hydrogen) atoms. The topological polar surface area (TPSA) is 44.8 Å². The lowest BCUT2D eigenvalue weighted by Crippen LogP contribution is -2.27. The van der Waals surface area contributed by atoms with Crippen molar-refractivity contribution in [3.8, 4) is 5.75 Å². The van der Waals surface area contributed by atoms with Crippen molar-refractivity contribution in [1.82, 2.24) is 0 Å². The Morgan fingerprint density at radius 2 is 2.10 bits per heavy atom. The van der Waals surface area contributed by atoms with E-state index in [-0.39, 0.29) is 18.7 Å². The van der Waals surface area contributed by atoms with Gasteiger partial charge >= 0.3 is 5.97 Å². The molecule has 0 radical (unpaired) electrons. The van der Waals surface area contributed by atoms with Crippen LogP contribution in [0.15, 0.2) is 18.2 Å². The lowest BCUT2D eigenvalue weighted by molar-refractivity contribution is -0.157. The van der Waals surface area contributed by atoms with Crippen LogP contribution in [0.25, 0.3) is 0 Å². The fourth-order valence-electron chi connectivity index (χ4n) is 2.58. The molecule has 1 aliphatic rings. The van der Waals surface area contributed by atoms with Crippen LogP contribution in [-0.2, 0) is 20.7 Å². The van der Waals surface area contributed by atoms with E-state index in [1.807, 2.05) is 32.9 Å². The average molecular weight is 292 g/mol.